The van der Waals surface area contributed by atoms with Crippen molar-refractivity contribution in [1.82, 2.24) is 9.88 Å². The monoisotopic (exact) mass is 308 g/mol. The lowest BCUT2D eigenvalue weighted by Crippen LogP contribution is -2.38. The van der Waals surface area contributed by atoms with Gasteiger partial charge in [0, 0.05) is 24.3 Å². The minimum atomic E-state index is 0.0740. The van der Waals surface area contributed by atoms with Crippen molar-refractivity contribution in [2.24, 2.45) is 0 Å². The van der Waals surface area contributed by atoms with Crippen molar-refractivity contribution < 1.29 is 4.79 Å². The van der Waals surface area contributed by atoms with E-state index in [2.05, 4.69) is 27.5 Å². The number of hydrogen-bond acceptors (Lipinski definition) is 2. The van der Waals surface area contributed by atoms with Crippen molar-refractivity contribution in [3.8, 4) is 0 Å². The summed E-state index contributed by atoms with van der Waals surface area (Å²) in [5.74, 6) is 0.0740. The highest BCUT2D eigenvalue weighted by atomic mass is 79.9. The molecule has 0 aliphatic heterocycles. The fraction of sp³-hybridized carbons (Fsp3) is 0.429. The average molecular weight is 309 g/mol. The van der Waals surface area contributed by atoms with Crippen molar-refractivity contribution >= 4 is 21.8 Å². The first kappa shape index (κ1) is 13.3. The topological polar surface area (TPSA) is 33.2 Å². The Morgan fingerprint density at radius 1 is 1.56 bits per heavy atom. The Morgan fingerprint density at radius 2 is 2.28 bits per heavy atom. The van der Waals surface area contributed by atoms with E-state index in [0.29, 0.717) is 22.8 Å². The summed E-state index contributed by atoms with van der Waals surface area (Å²) in [6.07, 6.45) is 8.08. The van der Waals surface area contributed by atoms with Gasteiger partial charge >= 0.3 is 0 Å². The third kappa shape index (κ3) is 2.99. The molecule has 2 rings (SSSR count). The third-order valence-corrected chi connectivity index (χ3v) is 3.76. The molecule has 96 valence electrons. The van der Waals surface area contributed by atoms with Gasteiger partial charge in [-0.15, -0.1) is 6.58 Å². The molecule has 1 aliphatic carbocycles. The van der Waals surface area contributed by atoms with Crippen LogP contribution in [-0.2, 0) is 0 Å². The quantitative estimate of drug-likeness (QED) is 0.631. The molecule has 0 radical (unpaired) electrons. The molecule has 1 heterocycles. The van der Waals surface area contributed by atoms with Crippen molar-refractivity contribution in [2.75, 3.05) is 6.54 Å². The molecular weight excluding hydrogens is 292 g/mol. The molecule has 0 aromatic carbocycles. The molecule has 1 saturated carbocycles. The van der Waals surface area contributed by atoms with Crippen molar-refractivity contribution in [2.45, 2.75) is 31.7 Å². The molecule has 4 heteroatoms. The minimum Gasteiger partial charge on any atom is -0.332 e. The highest BCUT2D eigenvalue weighted by Gasteiger charge is 2.26. The Labute approximate surface area is 116 Å². The highest BCUT2D eigenvalue weighted by molar-refractivity contribution is 9.10. The predicted octanol–water partition coefficient (Wildman–Crippen LogP) is 3.41. The van der Waals surface area contributed by atoms with E-state index >= 15 is 0 Å². The summed E-state index contributed by atoms with van der Waals surface area (Å²) in [7, 11) is 0. The van der Waals surface area contributed by atoms with Crippen LogP contribution in [0.4, 0.5) is 0 Å². The van der Waals surface area contributed by atoms with Gasteiger partial charge in [0.15, 0.2) is 0 Å². The first-order valence-electron chi connectivity index (χ1n) is 6.26. The Kier molecular flexibility index (Phi) is 4.53. The number of carbonyl (C=O) groups excluding carboxylic acids is 1. The maximum atomic E-state index is 12.5. The standard InChI is InChI=1S/C14H17BrN2O/c1-2-9-17(12-5-3-4-6-12)14(18)11-7-8-16-13(15)10-11/h2,7-8,10,12H,1,3-6,9H2. The summed E-state index contributed by atoms with van der Waals surface area (Å²) in [5, 5.41) is 0. The number of carbonyl (C=O) groups is 1. The van der Waals surface area contributed by atoms with Gasteiger partial charge in [-0.3, -0.25) is 4.79 Å². The largest absolute Gasteiger partial charge is 0.332 e. The zero-order valence-corrected chi connectivity index (χ0v) is 11.9. The van der Waals surface area contributed by atoms with Gasteiger partial charge < -0.3 is 4.90 Å². The average Bonchev–Trinajstić information content (AvgIpc) is 2.89. The second kappa shape index (κ2) is 6.14. The zero-order valence-electron chi connectivity index (χ0n) is 10.3. The van der Waals surface area contributed by atoms with Crippen molar-refractivity contribution in [3.05, 3.63) is 41.2 Å². The van der Waals surface area contributed by atoms with Crippen LogP contribution in [0.3, 0.4) is 0 Å². The molecule has 0 saturated heterocycles. The van der Waals surface area contributed by atoms with Crippen LogP contribution in [0, 0.1) is 0 Å². The number of amides is 1. The number of rotatable bonds is 4. The Morgan fingerprint density at radius 3 is 2.89 bits per heavy atom. The second-order valence-electron chi connectivity index (χ2n) is 4.55. The fourth-order valence-corrected chi connectivity index (χ4v) is 2.82. The number of halogens is 1. The number of aromatic nitrogens is 1. The predicted molar refractivity (Wildman–Crippen MR) is 75.4 cm³/mol. The molecule has 18 heavy (non-hydrogen) atoms. The van der Waals surface area contributed by atoms with Crippen molar-refractivity contribution in [3.63, 3.8) is 0 Å². The molecule has 1 aliphatic rings. The van der Waals surface area contributed by atoms with E-state index in [1.165, 1.54) is 12.8 Å². The normalized spacial score (nSPS) is 15.6. The van der Waals surface area contributed by atoms with Crippen LogP contribution in [0.25, 0.3) is 0 Å². The van der Waals surface area contributed by atoms with Crippen molar-refractivity contribution in [1.29, 1.82) is 0 Å². The Balaban J connectivity index is 2.19. The van der Waals surface area contributed by atoms with Crippen LogP contribution in [0.1, 0.15) is 36.0 Å². The molecule has 1 amide bonds. The maximum absolute atomic E-state index is 12.5. The summed E-state index contributed by atoms with van der Waals surface area (Å²) in [5.41, 5.74) is 0.686. The first-order valence-corrected chi connectivity index (χ1v) is 7.05. The van der Waals surface area contributed by atoms with Crippen LogP contribution < -0.4 is 0 Å². The zero-order chi connectivity index (χ0) is 13.0. The van der Waals surface area contributed by atoms with Gasteiger partial charge in [-0.05, 0) is 40.9 Å². The molecular formula is C14H17BrN2O. The summed E-state index contributed by atoms with van der Waals surface area (Å²) in [4.78, 5) is 18.5. The molecule has 0 bridgehead atoms. The molecule has 0 atom stereocenters. The second-order valence-corrected chi connectivity index (χ2v) is 5.36. The van der Waals surface area contributed by atoms with Gasteiger partial charge in [0.05, 0.1) is 0 Å². The molecule has 1 fully saturated rings. The number of nitrogens with zero attached hydrogens (tertiary/aromatic N) is 2. The smallest absolute Gasteiger partial charge is 0.254 e. The van der Waals surface area contributed by atoms with Gasteiger partial charge in [-0.1, -0.05) is 18.9 Å². The van der Waals surface area contributed by atoms with E-state index in [4.69, 9.17) is 0 Å². The van der Waals surface area contributed by atoms with Gasteiger partial charge in [-0.25, -0.2) is 4.98 Å². The lowest BCUT2D eigenvalue weighted by Gasteiger charge is -2.28. The van der Waals surface area contributed by atoms with Crippen LogP contribution in [0.5, 0.6) is 0 Å². The van der Waals surface area contributed by atoms with Gasteiger partial charge in [0.1, 0.15) is 4.60 Å². The summed E-state index contributed by atoms with van der Waals surface area (Å²) < 4.78 is 0.693. The number of pyridine rings is 1. The number of hydrogen-bond donors (Lipinski definition) is 0. The Bertz CT molecular complexity index is 441. The van der Waals surface area contributed by atoms with Crippen LogP contribution in [-0.4, -0.2) is 28.4 Å². The molecule has 0 unspecified atom stereocenters. The highest BCUT2D eigenvalue weighted by Crippen LogP contribution is 2.25. The molecule has 3 nitrogen and oxygen atoms in total. The molecule has 1 aromatic heterocycles. The van der Waals surface area contributed by atoms with Gasteiger partial charge in [0.2, 0.25) is 0 Å². The Hall–Kier alpha value is -1.16. The van der Waals surface area contributed by atoms with Gasteiger partial charge in [0.25, 0.3) is 5.91 Å². The lowest BCUT2D eigenvalue weighted by molar-refractivity contribution is 0.0706. The van der Waals surface area contributed by atoms with E-state index in [1.54, 1.807) is 24.4 Å². The summed E-state index contributed by atoms with van der Waals surface area (Å²) in [6, 6.07) is 3.90. The first-order chi connectivity index (χ1) is 8.72. The fourth-order valence-electron chi connectivity index (χ4n) is 2.45. The van der Waals surface area contributed by atoms with Crippen LogP contribution >= 0.6 is 15.9 Å². The molecule has 1 aromatic rings. The summed E-state index contributed by atoms with van der Waals surface area (Å²) in [6.45, 7) is 4.36. The third-order valence-electron chi connectivity index (χ3n) is 3.33. The van der Waals surface area contributed by atoms with Gasteiger partial charge in [-0.2, -0.15) is 0 Å². The maximum Gasteiger partial charge on any atom is 0.254 e. The molecule has 0 spiro atoms. The van der Waals surface area contributed by atoms with E-state index in [9.17, 15) is 4.79 Å². The SMILES string of the molecule is C=CCN(C(=O)c1ccnc(Br)c1)C1CCCC1. The van der Waals surface area contributed by atoms with E-state index < -0.39 is 0 Å². The summed E-state index contributed by atoms with van der Waals surface area (Å²) >= 11 is 3.30. The van der Waals surface area contributed by atoms with E-state index in [-0.39, 0.29) is 5.91 Å². The van der Waals surface area contributed by atoms with E-state index in [1.807, 2.05) is 4.90 Å². The van der Waals surface area contributed by atoms with Crippen LogP contribution in [0.2, 0.25) is 0 Å². The van der Waals surface area contributed by atoms with Crippen LogP contribution in [0.15, 0.2) is 35.6 Å². The minimum absolute atomic E-state index is 0.0740. The molecule has 0 N–H and O–H groups in total. The van der Waals surface area contributed by atoms with E-state index in [0.717, 1.165) is 12.8 Å². The lowest BCUT2D eigenvalue weighted by atomic mass is 10.1.